The summed E-state index contributed by atoms with van der Waals surface area (Å²) in [5.74, 6) is -0.261. The predicted molar refractivity (Wildman–Crippen MR) is 61.2 cm³/mol. The van der Waals surface area contributed by atoms with E-state index in [-0.39, 0.29) is 17.0 Å². The normalized spacial score (nSPS) is 24.2. The Bertz CT molecular complexity index is 454. The van der Waals surface area contributed by atoms with E-state index in [9.17, 15) is 14.9 Å². The number of benzene rings is 1. The summed E-state index contributed by atoms with van der Waals surface area (Å²) in [6.07, 6.45) is 0. The number of nitrogens with zero attached hydrogens (tertiary/aromatic N) is 1. The first-order chi connectivity index (χ1) is 7.58. The summed E-state index contributed by atoms with van der Waals surface area (Å²) < 4.78 is -0.635. The molecule has 16 heavy (non-hydrogen) atoms. The Morgan fingerprint density at radius 2 is 2.25 bits per heavy atom. The Balaban J connectivity index is 2.25. The summed E-state index contributed by atoms with van der Waals surface area (Å²) in [6.45, 7) is 0. The van der Waals surface area contributed by atoms with Crippen LogP contribution in [0, 0.1) is 10.1 Å². The van der Waals surface area contributed by atoms with E-state index in [0.29, 0.717) is 5.56 Å². The van der Waals surface area contributed by atoms with Gasteiger partial charge in [-0.05, 0) is 5.56 Å². The number of thioether (sulfide) groups is 1. The molecule has 0 bridgehead atoms. The van der Waals surface area contributed by atoms with Gasteiger partial charge in [-0.1, -0.05) is 12.1 Å². The first kappa shape index (κ1) is 11.2. The average Bonchev–Trinajstić information content (AvgIpc) is 2.59. The summed E-state index contributed by atoms with van der Waals surface area (Å²) in [5, 5.41) is 12.9. The summed E-state index contributed by atoms with van der Waals surface area (Å²) in [5.41, 5.74) is 0.682. The summed E-state index contributed by atoms with van der Waals surface area (Å²) in [7, 11) is 0. The second-order valence-corrected chi connectivity index (χ2v) is 5.10. The van der Waals surface area contributed by atoms with E-state index in [1.165, 1.54) is 23.9 Å². The standard InChI is InChI=1S/C9H7ClN2O3S/c10-7-8(13)11-9(16-7)5-2-1-3-6(4-5)12(14)15/h1-4,7,9H,(H,11,13). The highest BCUT2D eigenvalue weighted by Crippen LogP contribution is 2.38. The highest BCUT2D eigenvalue weighted by molar-refractivity contribution is 8.02. The number of hydrogen-bond donors (Lipinski definition) is 1. The lowest BCUT2D eigenvalue weighted by molar-refractivity contribution is -0.384. The number of nitrogens with one attached hydrogen (secondary N) is 1. The minimum absolute atomic E-state index is 0.00497. The minimum atomic E-state index is -0.635. The molecule has 1 heterocycles. The smallest absolute Gasteiger partial charge is 0.269 e. The highest BCUT2D eigenvalue weighted by Gasteiger charge is 2.32. The number of nitro groups is 1. The van der Waals surface area contributed by atoms with Crippen LogP contribution in [-0.2, 0) is 4.79 Å². The van der Waals surface area contributed by atoms with Gasteiger partial charge in [0.2, 0.25) is 5.91 Å². The summed E-state index contributed by atoms with van der Waals surface area (Å²) in [6, 6.07) is 6.15. The number of non-ortho nitro benzene ring substituents is 1. The lowest BCUT2D eigenvalue weighted by Crippen LogP contribution is -2.21. The van der Waals surface area contributed by atoms with Crippen molar-refractivity contribution in [3.05, 3.63) is 39.9 Å². The van der Waals surface area contributed by atoms with E-state index in [2.05, 4.69) is 5.32 Å². The van der Waals surface area contributed by atoms with E-state index in [1.807, 2.05) is 0 Å². The maximum absolute atomic E-state index is 11.2. The zero-order valence-corrected chi connectivity index (χ0v) is 9.49. The zero-order valence-electron chi connectivity index (χ0n) is 7.92. The molecule has 84 valence electrons. The number of nitro benzene ring substituents is 1. The number of halogens is 1. The summed E-state index contributed by atoms with van der Waals surface area (Å²) in [4.78, 5) is 21.3. The first-order valence-electron chi connectivity index (χ1n) is 4.42. The van der Waals surface area contributed by atoms with Gasteiger partial charge in [0.1, 0.15) is 5.37 Å². The van der Waals surface area contributed by atoms with E-state index in [4.69, 9.17) is 11.6 Å². The number of alkyl halides is 1. The van der Waals surface area contributed by atoms with Crippen molar-refractivity contribution in [1.82, 2.24) is 5.32 Å². The van der Waals surface area contributed by atoms with Crippen molar-refractivity contribution in [3.8, 4) is 0 Å². The van der Waals surface area contributed by atoms with Gasteiger partial charge < -0.3 is 5.32 Å². The van der Waals surface area contributed by atoms with Crippen LogP contribution in [0.15, 0.2) is 24.3 Å². The van der Waals surface area contributed by atoms with E-state index < -0.39 is 9.63 Å². The second-order valence-electron chi connectivity index (χ2n) is 3.19. The van der Waals surface area contributed by atoms with Crippen LogP contribution < -0.4 is 5.32 Å². The molecule has 1 fully saturated rings. The summed E-state index contributed by atoms with van der Waals surface area (Å²) >= 11 is 6.96. The molecule has 2 atom stereocenters. The third-order valence-corrected chi connectivity index (χ3v) is 3.74. The van der Waals surface area contributed by atoms with Gasteiger partial charge >= 0.3 is 0 Å². The number of carbonyl (C=O) groups excluding carboxylic acids is 1. The monoisotopic (exact) mass is 258 g/mol. The van der Waals surface area contributed by atoms with Crippen LogP contribution >= 0.6 is 23.4 Å². The SMILES string of the molecule is O=C1NC(c2cccc([N+](=O)[O-])c2)SC1Cl. The molecular weight excluding hydrogens is 252 g/mol. The quantitative estimate of drug-likeness (QED) is 0.500. The second kappa shape index (κ2) is 4.31. The average molecular weight is 259 g/mol. The number of hydrogen-bond acceptors (Lipinski definition) is 4. The zero-order chi connectivity index (χ0) is 11.7. The molecule has 1 aromatic carbocycles. The number of amides is 1. The maximum atomic E-state index is 11.2. The molecule has 1 aliphatic rings. The van der Waals surface area contributed by atoms with Gasteiger partial charge in [0.05, 0.1) is 4.92 Å². The van der Waals surface area contributed by atoms with E-state index in [0.717, 1.165) is 0 Å². The molecule has 1 aliphatic heterocycles. The van der Waals surface area contributed by atoms with Gasteiger partial charge in [0, 0.05) is 12.1 Å². The van der Waals surface area contributed by atoms with Crippen LogP contribution in [0.2, 0.25) is 0 Å². The number of rotatable bonds is 2. The van der Waals surface area contributed by atoms with Crippen molar-refractivity contribution in [2.75, 3.05) is 0 Å². The Labute approximate surface area is 100 Å². The Kier molecular flexibility index (Phi) is 3.02. The fourth-order valence-corrected chi connectivity index (χ4v) is 2.66. The molecule has 0 aliphatic carbocycles. The van der Waals surface area contributed by atoms with Crippen LogP contribution in [0.1, 0.15) is 10.9 Å². The molecule has 0 spiro atoms. The van der Waals surface area contributed by atoms with Crippen LogP contribution in [0.4, 0.5) is 5.69 Å². The Morgan fingerprint density at radius 1 is 1.50 bits per heavy atom. The lowest BCUT2D eigenvalue weighted by atomic mass is 10.2. The molecule has 0 aromatic heterocycles. The van der Waals surface area contributed by atoms with Gasteiger partial charge in [-0.3, -0.25) is 14.9 Å². The number of carbonyl (C=O) groups is 1. The molecule has 0 saturated carbocycles. The largest absolute Gasteiger partial charge is 0.338 e. The fraction of sp³-hybridized carbons (Fsp3) is 0.222. The van der Waals surface area contributed by atoms with Crippen LogP contribution in [0.3, 0.4) is 0 Å². The first-order valence-corrected chi connectivity index (χ1v) is 5.80. The van der Waals surface area contributed by atoms with Crippen LogP contribution in [-0.4, -0.2) is 15.5 Å². The fourth-order valence-electron chi connectivity index (χ4n) is 1.37. The van der Waals surface area contributed by atoms with Crippen molar-refractivity contribution in [2.45, 2.75) is 10.1 Å². The lowest BCUT2D eigenvalue weighted by Gasteiger charge is -2.08. The molecule has 2 rings (SSSR count). The van der Waals surface area contributed by atoms with Crippen molar-refractivity contribution in [3.63, 3.8) is 0 Å². The van der Waals surface area contributed by atoms with Crippen molar-refractivity contribution in [2.24, 2.45) is 0 Å². The van der Waals surface area contributed by atoms with E-state index in [1.54, 1.807) is 12.1 Å². The Morgan fingerprint density at radius 3 is 2.81 bits per heavy atom. The van der Waals surface area contributed by atoms with Crippen molar-refractivity contribution < 1.29 is 9.72 Å². The minimum Gasteiger partial charge on any atom is -0.338 e. The van der Waals surface area contributed by atoms with Crippen molar-refractivity contribution in [1.29, 1.82) is 0 Å². The molecule has 7 heteroatoms. The molecule has 5 nitrogen and oxygen atoms in total. The third-order valence-electron chi connectivity index (χ3n) is 2.12. The van der Waals surface area contributed by atoms with Crippen LogP contribution in [0.5, 0.6) is 0 Å². The highest BCUT2D eigenvalue weighted by atomic mass is 35.5. The van der Waals surface area contributed by atoms with Gasteiger partial charge in [0.15, 0.2) is 4.71 Å². The van der Waals surface area contributed by atoms with Gasteiger partial charge in [-0.15, -0.1) is 23.4 Å². The molecule has 0 radical (unpaired) electrons. The molecule has 1 saturated heterocycles. The molecule has 2 unspecified atom stereocenters. The predicted octanol–water partition coefficient (Wildman–Crippen LogP) is 2.02. The van der Waals surface area contributed by atoms with Crippen LogP contribution in [0.25, 0.3) is 0 Å². The van der Waals surface area contributed by atoms with Gasteiger partial charge in [0.25, 0.3) is 5.69 Å². The third kappa shape index (κ3) is 2.12. The molecule has 1 amide bonds. The topological polar surface area (TPSA) is 72.2 Å². The molecule has 1 N–H and O–H groups in total. The Hall–Kier alpha value is -1.27. The van der Waals surface area contributed by atoms with Gasteiger partial charge in [-0.2, -0.15) is 0 Å². The molecular formula is C9H7ClN2O3S. The van der Waals surface area contributed by atoms with Gasteiger partial charge in [-0.25, -0.2) is 0 Å². The molecule has 1 aromatic rings. The van der Waals surface area contributed by atoms with Crippen molar-refractivity contribution >= 4 is 35.0 Å². The maximum Gasteiger partial charge on any atom is 0.269 e. The van der Waals surface area contributed by atoms with E-state index >= 15 is 0 Å².